The Morgan fingerprint density at radius 3 is 2.86 bits per heavy atom. The molecule has 1 aliphatic carbocycles. The topological polar surface area (TPSA) is 55.0 Å². The molecule has 3 aromatic rings. The first-order valence-corrected chi connectivity index (χ1v) is 7.99. The van der Waals surface area contributed by atoms with Crippen molar-refractivity contribution >= 4 is 33.1 Å². The van der Waals surface area contributed by atoms with Crippen molar-refractivity contribution in [3.63, 3.8) is 0 Å². The number of aromatic nitrogens is 2. The zero-order chi connectivity index (χ0) is 14.2. The molecule has 0 bridgehead atoms. The Labute approximate surface area is 127 Å². The third kappa shape index (κ3) is 2.34. The molecule has 4 nitrogen and oxygen atoms in total. The van der Waals surface area contributed by atoms with Crippen LogP contribution < -0.4 is 10.6 Å². The van der Waals surface area contributed by atoms with E-state index < -0.39 is 0 Å². The van der Waals surface area contributed by atoms with Gasteiger partial charge in [-0.3, -0.25) is 0 Å². The molecular formula is C16H16N4S. The molecule has 0 spiro atoms. The van der Waals surface area contributed by atoms with E-state index in [9.17, 15) is 0 Å². The molecule has 1 aliphatic rings. The molecule has 5 heteroatoms. The molecular weight excluding hydrogens is 280 g/mol. The van der Waals surface area contributed by atoms with Crippen molar-refractivity contribution < 1.29 is 0 Å². The van der Waals surface area contributed by atoms with Crippen LogP contribution in [0.1, 0.15) is 18.4 Å². The lowest BCUT2D eigenvalue weighted by Crippen LogP contribution is -2.26. The summed E-state index contributed by atoms with van der Waals surface area (Å²) in [6, 6.07) is 10.7. The molecule has 0 unspecified atom stereocenters. The maximum Gasteiger partial charge on any atom is 0.150 e. The Morgan fingerprint density at radius 1 is 1.19 bits per heavy atom. The van der Waals surface area contributed by atoms with Gasteiger partial charge >= 0.3 is 0 Å². The highest BCUT2D eigenvalue weighted by Gasteiger charge is 2.31. The third-order valence-electron chi connectivity index (χ3n) is 3.88. The number of nitrogens with zero attached hydrogens (tertiary/aromatic N) is 3. The number of rotatable bonds is 4. The van der Waals surface area contributed by atoms with E-state index in [0.717, 1.165) is 29.1 Å². The van der Waals surface area contributed by atoms with Crippen molar-refractivity contribution in [1.82, 2.24) is 9.97 Å². The number of para-hydroxylation sites is 1. The van der Waals surface area contributed by atoms with Crippen LogP contribution in [0, 0.1) is 0 Å². The van der Waals surface area contributed by atoms with Gasteiger partial charge in [0.2, 0.25) is 0 Å². The molecule has 2 N–H and O–H groups in total. The van der Waals surface area contributed by atoms with Gasteiger partial charge in [0, 0.05) is 18.3 Å². The van der Waals surface area contributed by atoms with Crippen molar-refractivity contribution in [2.24, 2.45) is 0 Å². The van der Waals surface area contributed by atoms with Crippen LogP contribution in [0.15, 0.2) is 42.0 Å². The highest BCUT2D eigenvalue weighted by Crippen LogP contribution is 2.37. The van der Waals surface area contributed by atoms with Gasteiger partial charge in [-0.2, -0.15) is 0 Å². The van der Waals surface area contributed by atoms with E-state index in [2.05, 4.69) is 26.3 Å². The molecule has 0 atom stereocenters. The lowest BCUT2D eigenvalue weighted by molar-refractivity contribution is 0.783. The van der Waals surface area contributed by atoms with E-state index in [4.69, 9.17) is 5.73 Å². The molecule has 0 saturated heterocycles. The van der Waals surface area contributed by atoms with Gasteiger partial charge in [0.25, 0.3) is 0 Å². The van der Waals surface area contributed by atoms with E-state index in [1.165, 1.54) is 17.5 Å². The van der Waals surface area contributed by atoms with Crippen LogP contribution in [0.3, 0.4) is 0 Å². The summed E-state index contributed by atoms with van der Waals surface area (Å²) < 4.78 is 1.17. The summed E-state index contributed by atoms with van der Waals surface area (Å²) >= 11 is 1.70. The highest BCUT2D eigenvalue weighted by atomic mass is 32.1. The Hall–Kier alpha value is -2.14. The Balaban J connectivity index is 1.75. The first kappa shape index (κ1) is 12.6. The highest BCUT2D eigenvalue weighted by molar-refractivity contribution is 7.17. The van der Waals surface area contributed by atoms with Crippen molar-refractivity contribution in [3.05, 3.63) is 47.6 Å². The second-order valence-electron chi connectivity index (χ2n) is 5.39. The maximum absolute atomic E-state index is 6.10. The number of nitrogen functional groups attached to an aromatic ring is 1. The zero-order valence-electron chi connectivity index (χ0n) is 11.6. The lowest BCUT2D eigenvalue weighted by Gasteiger charge is -2.24. The molecule has 1 saturated carbocycles. The van der Waals surface area contributed by atoms with Crippen LogP contribution in [0.5, 0.6) is 0 Å². The molecule has 21 heavy (non-hydrogen) atoms. The van der Waals surface area contributed by atoms with Gasteiger partial charge in [-0.25, -0.2) is 9.97 Å². The lowest BCUT2D eigenvalue weighted by atomic mass is 10.1. The van der Waals surface area contributed by atoms with E-state index in [1.54, 1.807) is 17.7 Å². The summed E-state index contributed by atoms with van der Waals surface area (Å²) in [5, 5.41) is 2.07. The standard InChI is InChI=1S/C16H16N4S/c17-13-4-2-1-3-11(13)9-20(12-5-6-12)16-15-14(7-8-21-15)18-10-19-16/h1-4,7-8,10,12H,5-6,9,17H2. The molecule has 1 aromatic carbocycles. The average molecular weight is 296 g/mol. The third-order valence-corrected chi connectivity index (χ3v) is 4.78. The summed E-state index contributed by atoms with van der Waals surface area (Å²) in [4.78, 5) is 11.3. The van der Waals surface area contributed by atoms with Crippen molar-refractivity contribution in [1.29, 1.82) is 0 Å². The molecule has 0 aliphatic heterocycles. The van der Waals surface area contributed by atoms with Gasteiger partial charge in [0.1, 0.15) is 6.33 Å². The predicted molar refractivity (Wildman–Crippen MR) is 87.5 cm³/mol. The fourth-order valence-electron chi connectivity index (χ4n) is 2.61. The summed E-state index contributed by atoms with van der Waals surface area (Å²) in [6.45, 7) is 0.807. The maximum atomic E-state index is 6.10. The summed E-state index contributed by atoms with van der Waals surface area (Å²) in [6.07, 6.45) is 4.11. The predicted octanol–water partition coefficient (Wildman–Crippen LogP) is 3.44. The van der Waals surface area contributed by atoms with Crippen LogP contribution in [-0.4, -0.2) is 16.0 Å². The minimum absolute atomic E-state index is 0.574. The number of thiophene rings is 1. The summed E-state index contributed by atoms with van der Waals surface area (Å²) in [7, 11) is 0. The molecule has 106 valence electrons. The van der Waals surface area contributed by atoms with Crippen molar-refractivity contribution in [2.75, 3.05) is 10.6 Å². The number of hydrogen-bond acceptors (Lipinski definition) is 5. The Kier molecular flexibility index (Phi) is 3.00. The summed E-state index contributed by atoms with van der Waals surface area (Å²) in [5.74, 6) is 1.04. The smallest absolute Gasteiger partial charge is 0.150 e. The number of fused-ring (bicyclic) bond motifs is 1. The fourth-order valence-corrected chi connectivity index (χ4v) is 3.46. The van der Waals surface area contributed by atoms with Crippen LogP contribution in [0.4, 0.5) is 11.5 Å². The van der Waals surface area contributed by atoms with E-state index in [-0.39, 0.29) is 0 Å². The molecule has 2 aromatic heterocycles. The van der Waals surface area contributed by atoms with Crippen molar-refractivity contribution in [3.8, 4) is 0 Å². The number of hydrogen-bond donors (Lipinski definition) is 1. The zero-order valence-corrected chi connectivity index (χ0v) is 12.4. The van der Waals surface area contributed by atoms with Gasteiger partial charge < -0.3 is 10.6 Å². The fraction of sp³-hybridized carbons (Fsp3) is 0.250. The largest absolute Gasteiger partial charge is 0.398 e. The first-order valence-electron chi connectivity index (χ1n) is 7.11. The van der Waals surface area contributed by atoms with Gasteiger partial charge in [0.15, 0.2) is 5.82 Å². The number of benzene rings is 1. The quantitative estimate of drug-likeness (QED) is 0.749. The Morgan fingerprint density at radius 2 is 2.05 bits per heavy atom. The Bertz CT molecular complexity index is 779. The van der Waals surface area contributed by atoms with Crippen LogP contribution >= 0.6 is 11.3 Å². The molecule has 0 amide bonds. The van der Waals surface area contributed by atoms with Gasteiger partial charge in [0.05, 0.1) is 10.2 Å². The minimum atomic E-state index is 0.574. The molecule has 4 rings (SSSR count). The van der Waals surface area contributed by atoms with Crippen molar-refractivity contribution in [2.45, 2.75) is 25.4 Å². The second kappa shape index (κ2) is 5.00. The number of anilines is 2. The number of nitrogens with two attached hydrogens (primary N) is 1. The van der Waals surface area contributed by atoms with E-state index in [1.807, 2.05) is 24.3 Å². The summed E-state index contributed by atoms with van der Waals surface area (Å²) in [5.41, 5.74) is 9.13. The SMILES string of the molecule is Nc1ccccc1CN(c1ncnc2ccsc12)C1CC1. The minimum Gasteiger partial charge on any atom is -0.398 e. The van der Waals surface area contributed by atoms with E-state index >= 15 is 0 Å². The van der Waals surface area contributed by atoms with Crippen LogP contribution in [0.2, 0.25) is 0 Å². The molecule has 1 fully saturated rings. The molecule has 0 radical (unpaired) electrons. The van der Waals surface area contributed by atoms with Crippen LogP contribution in [-0.2, 0) is 6.54 Å². The van der Waals surface area contributed by atoms with Crippen LogP contribution in [0.25, 0.3) is 10.2 Å². The first-order chi connectivity index (χ1) is 10.3. The average Bonchev–Trinajstić information content (AvgIpc) is 3.22. The van der Waals surface area contributed by atoms with Gasteiger partial charge in [-0.1, -0.05) is 18.2 Å². The monoisotopic (exact) mass is 296 g/mol. The van der Waals surface area contributed by atoms with E-state index in [0.29, 0.717) is 6.04 Å². The van der Waals surface area contributed by atoms with Gasteiger partial charge in [-0.05, 0) is 35.9 Å². The van der Waals surface area contributed by atoms with Gasteiger partial charge in [-0.15, -0.1) is 11.3 Å². The second-order valence-corrected chi connectivity index (χ2v) is 6.31. The molecule has 2 heterocycles. The normalized spacial score (nSPS) is 14.5.